The summed E-state index contributed by atoms with van der Waals surface area (Å²) in [5.41, 5.74) is 4.34. The molecule has 2 saturated carbocycles. The van der Waals surface area contributed by atoms with Crippen LogP contribution in [0.2, 0.25) is 0 Å². The van der Waals surface area contributed by atoms with Gasteiger partial charge in [0.05, 0.1) is 7.89 Å². The molecule has 3 aromatic carbocycles. The molecule has 196 valence electrons. The summed E-state index contributed by atoms with van der Waals surface area (Å²) < 4.78 is 23.9. The number of carboxylic acid groups (broad SMARTS) is 1. The molecule has 0 radical (unpaired) electrons. The van der Waals surface area contributed by atoms with Gasteiger partial charge in [0.15, 0.2) is 0 Å². The molecule has 0 aromatic heterocycles. The predicted molar refractivity (Wildman–Crippen MR) is 149 cm³/mol. The zero-order valence-electron chi connectivity index (χ0n) is 22.7. The van der Waals surface area contributed by atoms with Crippen LogP contribution in [0.5, 0.6) is 0 Å². The molecule has 6 heteroatoms. The van der Waals surface area contributed by atoms with E-state index in [9.17, 15) is 14.0 Å². The first-order valence-corrected chi connectivity index (χ1v) is 13.0. The highest BCUT2D eigenvalue weighted by Crippen LogP contribution is 2.49. The van der Waals surface area contributed by atoms with Crippen LogP contribution in [0, 0.1) is 23.6 Å². The number of amides is 1. The second-order valence-corrected chi connectivity index (χ2v) is 10.6. The van der Waals surface area contributed by atoms with Crippen molar-refractivity contribution in [2.24, 2.45) is 17.8 Å². The Kier molecular flexibility index (Phi) is 6.95. The van der Waals surface area contributed by atoms with Gasteiger partial charge in [0, 0.05) is 37.5 Å². The lowest BCUT2D eigenvalue weighted by atomic mass is 9.87. The maximum absolute atomic E-state index is 14.7. The highest BCUT2D eigenvalue weighted by molar-refractivity contribution is 5.96. The summed E-state index contributed by atoms with van der Waals surface area (Å²) in [5.74, 6) is -1.26. The maximum atomic E-state index is 14.7. The number of carbonyl (C=O) groups is 2. The second kappa shape index (κ2) is 10.8. The number of hydrogen-bond acceptors (Lipinski definition) is 3. The molecule has 2 bridgehead atoms. The number of nitrogens with zero attached hydrogens (tertiary/aromatic N) is 2. The quantitative estimate of drug-likeness (QED) is 0.344. The van der Waals surface area contributed by atoms with Crippen LogP contribution in [0.1, 0.15) is 38.2 Å². The fourth-order valence-corrected chi connectivity index (χ4v) is 5.85. The highest BCUT2D eigenvalue weighted by Gasteiger charge is 2.44. The van der Waals surface area contributed by atoms with Crippen molar-refractivity contribution >= 4 is 29.3 Å². The molecule has 1 amide bonds. The van der Waals surface area contributed by atoms with Crippen molar-refractivity contribution in [1.29, 1.82) is 0 Å². The number of anilines is 2. The van der Waals surface area contributed by atoms with Gasteiger partial charge in [-0.25, -0.2) is 9.18 Å². The van der Waals surface area contributed by atoms with E-state index in [0.717, 1.165) is 48.6 Å². The minimum Gasteiger partial charge on any atom is -0.478 e. The third kappa shape index (κ3) is 5.64. The SMILES string of the molecule is [2H][C@@H](c1ccc(-c2ccc(N(C)C)cc2)cc1)N(C(=O)[C@H]1C[C@@H]2CC[C@H]1C2)c1cc(F)cc(/C=C/C(=O)O)c1. The van der Waals surface area contributed by atoms with Crippen LogP contribution >= 0.6 is 0 Å². The van der Waals surface area contributed by atoms with Crippen LogP contribution in [-0.2, 0) is 16.1 Å². The first-order chi connectivity index (χ1) is 18.7. The fraction of sp³-hybridized carbons (Fsp3) is 0.312. The van der Waals surface area contributed by atoms with Crippen molar-refractivity contribution in [2.45, 2.75) is 32.2 Å². The number of rotatable bonds is 8. The zero-order valence-corrected chi connectivity index (χ0v) is 21.7. The molecule has 5 nitrogen and oxygen atoms in total. The smallest absolute Gasteiger partial charge is 0.328 e. The lowest BCUT2D eigenvalue weighted by molar-refractivity contribution is -0.131. The Balaban J connectivity index is 1.48. The Hall–Kier alpha value is -3.93. The topological polar surface area (TPSA) is 60.9 Å². The van der Waals surface area contributed by atoms with Crippen LogP contribution in [0.3, 0.4) is 0 Å². The van der Waals surface area contributed by atoms with E-state index < -0.39 is 18.3 Å². The van der Waals surface area contributed by atoms with Gasteiger partial charge in [0.2, 0.25) is 5.91 Å². The van der Waals surface area contributed by atoms with Gasteiger partial charge in [-0.15, -0.1) is 0 Å². The Morgan fingerprint density at radius 3 is 2.24 bits per heavy atom. The zero-order chi connectivity index (χ0) is 27.7. The van der Waals surface area contributed by atoms with Crippen molar-refractivity contribution in [3.8, 4) is 11.1 Å². The molecule has 2 aliphatic rings. The normalized spacial score (nSPS) is 21.3. The number of benzene rings is 3. The molecule has 2 fully saturated rings. The number of carbonyl (C=O) groups excluding carboxylic acids is 1. The lowest BCUT2D eigenvalue weighted by Crippen LogP contribution is -2.38. The van der Waals surface area contributed by atoms with Crippen LogP contribution < -0.4 is 9.80 Å². The molecule has 0 saturated heterocycles. The molecule has 3 aromatic rings. The van der Waals surface area contributed by atoms with E-state index in [1.54, 1.807) is 6.07 Å². The Labute approximate surface area is 224 Å². The van der Waals surface area contributed by atoms with E-state index in [4.69, 9.17) is 6.48 Å². The molecule has 4 atom stereocenters. The summed E-state index contributed by atoms with van der Waals surface area (Å²) in [6.07, 6.45) is 6.21. The Morgan fingerprint density at radius 2 is 1.66 bits per heavy atom. The van der Waals surface area contributed by atoms with E-state index in [-0.39, 0.29) is 17.5 Å². The van der Waals surface area contributed by atoms with Gasteiger partial charge in [-0.3, -0.25) is 4.79 Å². The monoisotopic (exact) mass is 513 g/mol. The summed E-state index contributed by atoms with van der Waals surface area (Å²) in [7, 11) is 3.98. The van der Waals surface area contributed by atoms with Crippen molar-refractivity contribution in [1.82, 2.24) is 0 Å². The molecule has 1 N–H and O–H groups in total. The van der Waals surface area contributed by atoms with Gasteiger partial charge >= 0.3 is 5.97 Å². The summed E-state index contributed by atoms with van der Waals surface area (Å²) in [5, 5.41) is 9.02. The summed E-state index contributed by atoms with van der Waals surface area (Å²) in [4.78, 5) is 28.4. The molecule has 2 aliphatic carbocycles. The highest BCUT2D eigenvalue weighted by atomic mass is 19.1. The van der Waals surface area contributed by atoms with Crippen LogP contribution in [0.4, 0.5) is 15.8 Å². The van der Waals surface area contributed by atoms with E-state index in [1.807, 2.05) is 67.5 Å². The first-order valence-electron chi connectivity index (χ1n) is 13.6. The van der Waals surface area contributed by atoms with Crippen molar-refractivity contribution in [3.05, 3.63) is 89.8 Å². The van der Waals surface area contributed by atoms with Gasteiger partial charge in [-0.05, 0) is 89.8 Å². The van der Waals surface area contributed by atoms with E-state index in [0.29, 0.717) is 23.0 Å². The Bertz CT molecular complexity index is 1390. The second-order valence-electron chi connectivity index (χ2n) is 10.6. The molecule has 5 rings (SSSR count). The number of carboxylic acids is 1. The van der Waals surface area contributed by atoms with Crippen molar-refractivity contribution in [2.75, 3.05) is 23.9 Å². The molecule has 0 spiro atoms. The third-order valence-corrected chi connectivity index (χ3v) is 7.80. The average Bonchev–Trinajstić information content (AvgIpc) is 3.56. The first kappa shape index (κ1) is 24.4. The van der Waals surface area contributed by atoms with Gasteiger partial charge in [0.1, 0.15) is 5.82 Å². The molecule has 38 heavy (non-hydrogen) atoms. The van der Waals surface area contributed by atoms with E-state index in [1.165, 1.54) is 23.1 Å². The number of aliphatic carboxylic acids is 1. The standard InChI is InChI=1S/C32H33FN2O3/c1-34(2)28-12-10-25(11-13-28)24-7-3-21(4-8-24)20-35(32(38)30-18-22-5-9-26(30)15-22)29-17-23(6-14-31(36)37)16-27(33)19-29/h3-4,6-8,10-14,16-17,19,22,26,30H,5,9,15,18,20H2,1-2H3,(H,36,37)/b14-6+/t22-,26+,30+/m1/s1/i20D/t20-,22+,26-,30-/m0. The van der Waals surface area contributed by atoms with E-state index >= 15 is 0 Å². The van der Waals surface area contributed by atoms with Gasteiger partial charge < -0.3 is 14.9 Å². The third-order valence-electron chi connectivity index (χ3n) is 7.80. The fourth-order valence-electron chi connectivity index (χ4n) is 5.85. The maximum Gasteiger partial charge on any atom is 0.328 e. The van der Waals surface area contributed by atoms with Gasteiger partial charge in [-0.1, -0.05) is 42.8 Å². The molecular weight excluding hydrogens is 479 g/mol. The van der Waals surface area contributed by atoms with Gasteiger partial charge in [0.25, 0.3) is 0 Å². The van der Waals surface area contributed by atoms with E-state index in [2.05, 4.69) is 0 Å². The number of halogens is 1. The number of fused-ring (bicyclic) bond motifs is 2. The van der Waals surface area contributed by atoms with Crippen LogP contribution in [-0.4, -0.2) is 31.1 Å². The summed E-state index contributed by atoms with van der Waals surface area (Å²) in [6, 6.07) is 19.8. The van der Waals surface area contributed by atoms with Crippen molar-refractivity contribution in [3.63, 3.8) is 0 Å². The minimum absolute atomic E-state index is 0.163. The minimum atomic E-state index is -1.15. The summed E-state index contributed by atoms with van der Waals surface area (Å²) >= 11 is 0. The number of hydrogen-bond donors (Lipinski definition) is 1. The van der Waals surface area contributed by atoms with Crippen molar-refractivity contribution < 1.29 is 20.5 Å². The Morgan fingerprint density at radius 1 is 0.974 bits per heavy atom. The largest absolute Gasteiger partial charge is 0.478 e. The molecular formula is C32H33FN2O3. The van der Waals surface area contributed by atoms with Crippen LogP contribution in [0.25, 0.3) is 17.2 Å². The lowest BCUT2D eigenvalue weighted by Gasteiger charge is -2.30. The summed E-state index contributed by atoms with van der Waals surface area (Å²) in [6.45, 7) is -1.08. The molecule has 0 aliphatic heterocycles. The average molecular weight is 514 g/mol. The van der Waals surface area contributed by atoms with Gasteiger partial charge in [-0.2, -0.15) is 0 Å². The molecule has 0 unspecified atom stereocenters. The molecule has 0 heterocycles. The predicted octanol–water partition coefficient (Wildman–Crippen LogP) is 6.63. The van der Waals surface area contributed by atoms with Crippen LogP contribution in [0.15, 0.2) is 72.8 Å².